The Bertz CT molecular complexity index is 688. The third-order valence-corrected chi connectivity index (χ3v) is 4.12. The number of halogens is 1. The fraction of sp³-hybridized carbons (Fsp3) is 0.0714. The minimum atomic E-state index is -1.07. The normalized spacial score (nSPS) is 10.3. The number of carbonyl (C=O) groups is 1. The lowest BCUT2D eigenvalue weighted by Gasteiger charge is -2.05. The van der Waals surface area contributed by atoms with Gasteiger partial charge in [0.2, 0.25) is 0 Å². The van der Waals surface area contributed by atoms with Crippen molar-refractivity contribution >= 4 is 35.0 Å². The number of thioether (sulfide) groups is 1. The van der Waals surface area contributed by atoms with Crippen LogP contribution < -0.4 is 0 Å². The number of carboxylic acids is 1. The van der Waals surface area contributed by atoms with Crippen LogP contribution in [0.15, 0.2) is 47.4 Å². The Labute approximate surface area is 129 Å². The van der Waals surface area contributed by atoms with Crippen molar-refractivity contribution in [1.29, 1.82) is 0 Å². The van der Waals surface area contributed by atoms with E-state index >= 15 is 0 Å². The Morgan fingerprint density at radius 2 is 1.90 bits per heavy atom. The molecule has 0 radical (unpaired) electrons. The Morgan fingerprint density at radius 3 is 2.48 bits per heavy atom. The van der Waals surface area contributed by atoms with E-state index in [2.05, 4.69) is 0 Å². The molecule has 0 saturated carbocycles. The number of nitro groups is 1. The number of hydrogen-bond donors (Lipinski definition) is 1. The van der Waals surface area contributed by atoms with Crippen LogP contribution in [0.5, 0.6) is 0 Å². The fourth-order valence-electron chi connectivity index (χ4n) is 1.64. The highest BCUT2D eigenvalue weighted by Gasteiger charge is 2.10. The molecule has 0 saturated heterocycles. The highest BCUT2D eigenvalue weighted by atomic mass is 35.5. The number of aromatic carboxylic acids is 1. The minimum Gasteiger partial charge on any atom is -0.478 e. The lowest BCUT2D eigenvalue weighted by molar-refractivity contribution is -0.384. The van der Waals surface area contributed by atoms with Gasteiger partial charge in [0.15, 0.2) is 0 Å². The summed E-state index contributed by atoms with van der Waals surface area (Å²) in [5.41, 5.74) is 1.02. The molecule has 108 valence electrons. The van der Waals surface area contributed by atoms with E-state index in [1.807, 2.05) is 0 Å². The van der Waals surface area contributed by atoms with Crippen LogP contribution >= 0.6 is 23.4 Å². The molecule has 21 heavy (non-hydrogen) atoms. The summed E-state index contributed by atoms with van der Waals surface area (Å²) < 4.78 is 0. The zero-order chi connectivity index (χ0) is 15.4. The Morgan fingerprint density at radius 1 is 1.24 bits per heavy atom. The lowest BCUT2D eigenvalue weighted by Crippen LogP contribution is -1.97. The van der Waals surface area contributed by atoms with Gasteiger partial charge < -0.3 is 5.11 Å². The number of nitrogens with zero attached hydrogens (tertiary/aromatic N) is 1. The molecule has 2 rings (SSSR count). The highest BCUT2D eigenvalue weighted by molar-refractivity contribution is 7.98. The summed E-state index contributed by atoms with van der Waals surface area (Å²) in [5, 5.41) is 19.8. The second-order valence-electron chi connectivity index (χ2n) is 4.16. The van der Waals surface area contributed by atoms with Gasteiger partial charge in [-0.1, -0.05) is 23.7 Å². The molecule has 7 heteroatoms. The Hall–Kier alpha value is -2.05. The van der Waals surface area contributed by atoms with Crippen molar-refractivity contribution in [3.05, 3.63) is 68.7 Å². The van der Waals surface area contributed by atoms with E-state index in [-0.39, 0.29) is 16.3 Å². The fourth-order valence-corrected chi connectivity index (χ4v) is 2.73. The van der Waals surface area contributed by atoms with Crippen molar-refractivity contribution in [1.82, 2.24) is 0 Å². The lowest BCUT2D eigenvalue weighted by atomic mass is 10.2. The zero-order valence-corrected chi connectivity index (χ0v) is 12.2. The van der Waals surface area contributed by atoms with Crippen molar-refractivity contribution in [3.63, 3.8) is 0 Å². The molecule has 0 heterocycles. The molecule has 0 spiro atoms. The molecule has 5 nitrogen and oxygen atoms in total. The van der Waals surface area contributed by atoms with Crippen LogP contribution in [0, 0.1) is 10.1 Å². The van der Waals surface area contributed by atoms with Crippen LogP contribution in [-0.2, 0) is 5.75 Å². The monoisotopic (exact) mass is 323 g/mol. The molecular formula is C14H10ClNO4S. The van der Waals surface area contributed by atoms with Gasteiger partial charge in [-0.3, -0.25) is 10.1 Å². The van der Waals surface area contributed by atoms with Gasteiger partial charge in [-0.25, -0.2) is 4.79 Å². The van der Waals surface area contributed by atoms with Crippen LogP contribution in [0.25, 0.3) is 0 Å². The smallest absolute Gasteiger partial charge is 0.337 e. The van der Waals surface area contributed by atoms with Gasteiger partial charge in [0, 0.05) is 22.8 Å². The number of nitro benzene ring substituents is 1. The van der Waals surface area contributed by atoms with Gasteiger partial charge in [0.25, 0.3) is 5.69 Å². The largest absolute Gasteiger partial charge is 0.478 e. The average Bonchev–Trinajstić information content (AvgIpc) is 2.46. The Kier molecular flexibility index (Phi) is 4.82. The van der Waals surface area contributed by atoms with Crippen molar-refractivity contribution in [3.8, 4) is 0 Å². The number of rotatable bonds is 5. The minimum absolute atomic E-state index is 0.0448. The van der Waals surface area contributed by atoms with Crippen LogP contribution in [0.2, 0.25) is 5.02 Å². The van der Waals surface area contributed by atoms with Gasteiger partial charge in [-0.15, -0.1) is 11.8 Å². The number of hydrogen-bond acceptors (Lipinski definition) is 4. The molecule has 0 bridgehead atoms. The average molecular weight is 324 g/mol. The van der Waals surface area contributed by atoms with E-state index in [9.17, 15) is 14.9 Å². The Balaban J connectivity index is 2.07. The first-order valence-electron chi connectivity index (χ1n) is 5.86. The molecule has 0 fully saturated rings. The highest BCUT2D eigenvalue weighted by Crippen LogP contribution is 2.27. The third kappa shape index (κ3) is 3.96. The zero-order valence-electron chi connectivity index (χ0n) is 10.7. The quantitative estimate of drug-likeness (QED) is 0.505. The van der Waals surface area contributed by atoms with E-state index < -0.39 is 10.9 Å². The van der Waals surface area contributed by atoms with Crippen LogP contribution in [0.1, 0.15) is 15.9 Å². The van der Waals surface area contributed by atoms with Crippen molar-refractivity contribution in [2.24, 2.45) is 0 Å². The first-order chi connectivity index (χ1) is 9.97. The second-order valence-corrected chi connectivity index (χ2v) is 5.61. The van der Waals surface area contributed by atoms with E-state index in [0.29, 0.717) is 5.75 Å². The molecule has 1 N–H and O–H groups in total. The van der Waals surface area contributed by atoms with Gasteiger partial charge >= 0.3 is 5.97 Å². The van der Waals surface area contributed by atoms with Gasteiger partial charge in [-0.2, -0.15) is 0 Å². The summed E-state index contributed by atoms with van der Waals surface area (Å²) in [6, 6.07) is 11.0. The van der Waals surface area contributed by atoms with Crippen molar-refractivity contribution < 1.29 is 14.8 Å². The van der Waals surface area contributed by atoms with E-state index in [4.69, 9.17) is 16.7 Å². The maximum atomic E-state index is 11.0. The first-order valence-corrected chi connectivity index (χ1v) is 7.22. The predicted octanol–water partition coefficient (Wildman–Crippen LogP) is 4.24. The van der Waals surface area contributed by atoms with E-state index in [1.165, 1.54) is 30.0 Å². The molecular weight excluding hydrogens is 314 g/mol. The van der Waals surface area contributed by atoms with Crippen LogP contribution in [0.3, 0.4) is 0 Å². The molecule has 0 aliphatic rings. The standard InChI is InChI=1S/C14H10ClNO4S/c15-13-6-5-11(7-12(13)14(17)18)21-8-9-1-3-10(4-2-9)16(19)20/h1-7H,8H2,(H,17,18). The summed E-state index contributed by atoms with van der Waals surface area (Å²) in [6.07, 6.45) is 0. The summed E-state index contributed by atoms with van der Waals surface area (Å²) in [7, 11) is 0. The van der Waals surface area contributed by atoms with Crippen molar-refractivity contribution in [2.75, 3.05) is 0 Å². The van der Waals surface area contributed by atoms with Crippen molar-refractivity contribution in [2.45, 2.75) is 10.6 Å². The second kappa shape index (κ2) is 6.60. The summed E-state index contributed by atoms with van der Waals surface area (Å²) in [5.74, 6) is -0.489. The number of carboxylic acid groups (broad SMARTS) is 1. The molecule has 0 aliphatic carbocycles. The maximum absolute atomic E-state index is 11.0. The molecule has 0 aromatic heterocycles. The summed E-state index contributed by atoms with van der Waals surface area (Å²) >= 11 is 7.24. The van der Waals surface area contributed by atoms with Gasteiger partial charge in [-0.05, 0) is 23.8 Å². The van der Waals surface area contributed by atoms with Crippen LogP contribution in [0.4, 0.5) is 5.69 Å². The number of benzene rings is 2. The molecule has 0 aliphatic heterocycles. The molecule has 2 aromatic rings. The number of non-ortho nitro benzene ring substituents is 1. The first kappa shape index (κ1) is 15.3. The molecule has 0 amide bonds. The van der Waals surface area contributed by atoms with E-state index in [1.54, 1.807) is 24.3 Å². The molecule has 0 unspecified atom stereocenters. The van der Waals surface area contributed by atoms with Crippen LogP contribution in [-0.4, -0.2) is 16.0 Å². The van der Waals surface area contributed by atoms with Gasteiger partial charge in [0.1, 0.15) is 0 Å². The SMILES string of the molecule is O=C(O)c1cc(SCc2ccc([N+](=O)[O-])cc2)ccc1Cl. The predicted molar refractivity (Wildman–Crippen MR) is 81.1 cm³/mol. The van der Waals surface area contributed by atoms with E-state index in [0.717, 1.165) is 10.5 Å². The van der Waals surface area contributed by atoms with Gasteiger partial charge in [0.05, 0.1) is 15.5 Å². The molecule has 0 atom stereocenters. The summed E-state index contributed by atoms with van der Waals surface area (Å²) in [6.45, 7) is 0. The third-order valence-electron chi connectivity index (χ3n) is 2.72. The molecule has 2 aromatic carbocycles. The summed E-state index contributed by atoms with van der Waals surface area (Å²) in [4.78, 5) is 21.9. The topological polar surface area (TPSA) is 80.4 Å². The maximum Gasteiger partial charge on any atom is 0.337 e.